The van der Waals surface area contributed by atoms with Crippen molar-refractivity contribution in [3.05, 3.63) is 41.4 Å². The zero-order valence-electron chi connectivity index (χ0n) is 13.9. The van der Waals surface area contributed by atoms with Crippen LogP contribution in [0.2, 0.25) is 5.02 Å². The number of aromatic nitrogens is 4. The maximum atomic E-state index is 14.1. The largest absolute Gasteiger partial charge is 0.460 e. The van der Waals surface area contributed by atoms with Crippen molar-refractivity contribution in [1.29, 1.82) is 0 Å². The molecule has 2 heterocycles. The molecule has 26 heavy (non-hydrogen) atoms. The first-order valence-corrected chi connectivity index (χ1v) is 8.78. The van der Waals surface area contributed by atoms with Crippen molar-refractivity contribution in [2.75, 3.05) is 5.73 Å². The van der Waals surface area contributed by atoms with Crippen molar-refractivity contribution in [3.8, 4) is 28.7 Å². The second kappa shape index (κ2) is 6.92. The molecule has 0 aliphatic heterocycles. The highest BCUT2D eigenvalue weighted by Crippen LogP contribution is 2.33. The molecule has 8 heteroatoms. The van der Waals surface area contributed by atoms with Crippen LogP contribution >= 0.6 is 11.6 Å². The van der Waals surface area contributed by atoms with Crippen LogP contribution in [0.25, 0.3) is 22.6 Å². The molecule has 0 amide bonds. The monoisotopic (exact) mass is 373 g/mol. The SMILES string of the molecule is Nc1[nH]c(-c2c(F)cccc2Cl)nc1-c1cnc(OC2CCCC2)nc1. The average molecular weight is 374 g/mol. The Morgan fingerprint density at radius 2 is 1.92 bits per heavy atom. The van der Waals surface area contributed by atoms with Crippen molar-refractivity contribution >= 4 is 17.4 Å². The van der Waals surface area contributed by atoms with E-state index in [9.17, 15) is 4.39 Å². The first kappa shape index (κ1) is 16.8. The maximum absolute atomic E-state index is 14.1. The van der Waals surface area contributed by atoms with Crippen LogP contribution in [0.3, 0.4) is 0 Å². The van der Waals surface area contributed by atoms with Crippen molar-refractivity contribution in [3.63, 3.8) is 0 Å². The van der Waals surface area contributed by atoms with Crippen LogP contribution in [0, 0.1) is 5.82 Å². The minimum Gasteiger partial charge on any atom is -0.460 e. The molecule has 0 bridgehead atoms. The van der Waals surface area contributed by atoms with E-state index >= 15 is 0 Å². The van der Waals surface area contributed by atoms with E-state index in [-0.39, 0.29) is 28.3 Å². The standard InChI is InChI=1S/C18H17ClFN5O/c19-12-6-3-7-13(20)14(12)17-24-15(16(21)25-17)10-8-22-18(23-9-10)26-11-4-1-2-5-11/h3,6-9,11H,1-2,4-5,21H2,(H,24,25). The quantitative estimate of drug-likeness (QED) is 0.714. The van der Waals surface area contributed by atoms with E-state index in [1.165, 1.54) is 25.0 Å². The molecule has 1 saturated carbocycles. The van der Waals surface area contributed by atoms with Gasteiger partial charge in [-0.05, 0) is 37.8 Å². The fraction of sp³-hybridized carbons (Fsp3) is 0.278. The van der Waals surface area contributed by atoms with E-state index in [2.05, 4.69) is 19.9 Å². The number of halogens is 2. The summed E-state index contributed by atoms with van der Waals surface area (Å²) < 4.78 is 19.9. The maximum Gasteiger partial charge on any atom is 0.316 e. The van der Waals surface area contributed by atoms with Gasteiger partial charge >= 0.3 is 6.01 Å². The van der Waals surface area contributed by atoms with E-state index < -0.39 is 5.82 Å². The number of rotatable bonds is 4. The van der Waals surface area contributed by atoms with E-state index in [0.29, 0.717) is 17.3 Å². The Labute approximate surface area is 154 Å². The number of aromatic amines is 1. The zero-order chi connectivity index (χ0) is 18.1. The number of nitrogen functional groups attached to an aromatic ring is 1. The molecule has 3 N–H and O–H groups in total. The van der Waals surface area contributed by atoms with Crippen LogP contribution < -0.4 is 10.5 Å². The summed E-state index contributed by atoms with van der Waals surface area (Å²) in [5.41, 5.74) is 7.23. The summed E-state index contributed by atoms with van der Waals surface area (Å²) in [4.78, 5) is 15.7. The van der Waals surface area contributed by atoms with Crippen LogP contribution in [0.1, 0.15) is 25.7 Å². The minimum absolute atomic E-state index is 0.175. The second-order valence-corrected chi connectivity index (χ2v) is 6.63. The van der Waals surface area contributed by atoms with Gasteiger partial charge in [0.2, 0.25) is 0 Å². The lowest BCUT2D eigenvalue weighted by molar-refractivity contribution is 0.192. The molecule has 1 aromatic carbocycles. The lowest BCUT2D eigenvalue weighted by Gasteiger charge is -2.10. The Hall–Kier alpha value is -2.67. The van der Waals surface area contributed by atoms with Gasteiger partial charge in [-0.25, -0.2) is 19.3 Å². The predicted molar refractivity (Wildman–Crippen MR) is 97.3 cm³/mol. The van der Waals surface area contributed by atoms with Crippen molar-refractivity contribution < 1.29 is 9.13 Å². The van der Waals surface area contributed by atoms with Gasteiger partial charge in [0.15, 0.2) is 0 Å². The summed E-state index contributed by atoms with van der Waals surface area (Å²) in [6.45, 7) is 0. The van der Waals surface area contributed by atoms with Gasteiger partial charge in [-0.3, -0.25) is 0 Å². The summed E-state index contributed by atoms with van der Waals surface area (Å²) in [6, 6.07) is 4.78. The summed E-state index contributed by atoms with van der Waals surface area (Å²) in [7, 11) is 0. The number of nitrogens with two attached hydrogens (primary N) is 1. The molecule has 1 aliphatic rings. The Morgan fingerprint density at radius 3 is 2.62 bits per heavy atom. The van der Waals surface area contributed by atoms with Gasteiger partial charge in [0.1, 0.15) is 29.3 Å². The molecule has 0 unspecified atom stereocenters. The summed E-state index contributed by atoms with van der Waals surface area (Å²) in [5.74, 6) is 0.0635. The lowest BCUT2D eigenvalue weighted by atomic mass is 10.2. The number of H-pyrrole nitrogens is 1. The normalized spacial score (nSPS) is 14.7. The Bertz CT molecular complexity index is 902. The number of anilines is 1. The van der Waals surface area contributed by atoms with Crippen molar-refractivity contribution in [1.82, 2.24) is 19.9 Å². The van der Waals surface area contributed by atoms with Gasteiger partial charge in [-0.1, -0.05) is 17.7 Å². The van der Waals surface area contributed by atoms with Gasteiger partial charge in [0.05, 0.1) is 10.6 Å². The smallest absolute Gasteiger partial charge is 0.316 e. The highest BCUT2D eigenvalue weighted by atomic mass is 35.5. The van der Waals surface area contributed by atoms with Crippen LogP contribution in [-0.4, -0.2) is 26.0 Å². The summed E-state index contributed by atoms with van der Waals surface area (Å²) in [6.07, 6.45) is 7.79. The van der Waals surface area contributed by atoms with E-state index in [1.54, 1.807) is 18.5 Å². The van der Waals surface area contributed by atoms with Gasteiger partial charge in [0.25, 0.3) is 0 Å². The van der Waals surface area contributed by atoms with Gasteiger partial charge in [-0.2, -0.15) is 0 Å². The molecule has 6 nitrogen and oxygen atoms in total. The van der Waals surface area contributed by atoms with Crippen molar-refractivity contribution in [2.45, 2.75) is 31.8 Å². The third-order valence-corrected chi connectivity index (χ3v) is 4.72. The lowest BCUT2D eigenvalue weighted by Crippen LogP contribution is -2.12. The zero-order valence-corrected chi connectivity index (χ0v) is 14.6. The minimum atomic E-state index is -0.477. The molecule has 0 spiro atoms. The molecule has 0 atom stereocenters. The molecule has 4 rings (SSSR count). The highest BCUT2D eigenvalue weighted by molar-refractivity contribution is 6.33. The number of ether oxygens (including phenoxy) is 1. The Balaban J connectivity index is 1.61. The molecule has 2 aromatic heterocycles. The van der Waals surface area contributed by atoms with Crippen LogP contribution in [0.5, 0.6) is 6.01 Å². The topological polar surface area (TPSA) is 89.7 Å². The number of hydrogen-bond donors (Lipinski definition) is 2. The number of benzene rings is 1. The Morgan fingerprint density at radius 1 is 1.19 bits per heavy atom. The third-order valence-electron chi connectivity index (χ3n) is 4.41. The number of imidazole rings is 1. The van der Waals surface area contributed by atoms with E-state index in [0.717, 1.165) is 12.8 Å². The highest BCUT2D eigenvalue weighted by Gasteiger charge is 2.19. The van der Waals surface area contributed by atoms with Crippen LogP contribution in [0.15, 0.2) is 30.6 Å². The molecular weight excluding hydrogens is 357 g/mol. The van der Waals surface area contributed by atoms with Gasteiger partial charge in [-0.15, -0.1) is 0 Å². The van der Waals surface area contributed by atoms with E-state index in [1.807, 2.05) is 0 Å². The van der Waals surface area contributed by atoms with Crippen LogP contribution in [-0.2, 0) is 0 Å². The number of hydrogen-bond acceptors (Lipinski definition) is 5. The second-order valence-electron chi connectivity index (χ2n) is 6.22. The van der Waals surface area contributed by atoms with Gasteiger partial charge in [0, 0.05) is 18.0 Å². The number of nitrogens with one attached hydrogen (secondary N) is 1. The first-order chi connectivity index (χ1) is 12.6. The molecular formula is C18H17ClFN5O. The fourth-order valence-electron chi connectivity index (χ4n) is 3.10. The van der Waals surface area contributed by atoms with Crippen LogP contribution in [0.4, 0.5) is 10.2 Å². The predicted octanol–water partition coefficient (Wildman–Crippen LogP) is 4.23. The molecule has 1 aliphatic carbocycles. The van der Waals surface area contributed by atoms with Crippen molar-refractivity contribution in [2.24, 2.45) is 0 Å². The summed E-state index contributed by atoms with van der Waals surface area (Å²) >= 11 is 6.09. The fourth-order valence-corrected chi connectivity index (χ4v) is 3.36. The molecule has 1 fully saturated rings. The molecule has 3 aromatic rings. The first-order valence-electron chi connectivity index (χ1n) is 8.41. The number of nitrogens with zero attached hydrogens (tertiary/aromatic N) is 3. The summed E-state index contributed by atoms with van der Waals surface area (Å²) in [5, 5.41) is 0.252. The molecule has 134 valence electrons. The average Bonchev–Trinajstić information content (AvgIpc) is 3.25. The van der Waals surface area contributed by atoms with Gasteiger partial charge < -0.3 is 15.5 Å². The third kappa shape index (κ3) is 3.22. The molecule has 0 saturated heterocycles. The molecule has 0 radical (unpaired) electrons. The van der Waals surface area contributed by atoms with E-state index in [4.69, 9.17) is 22.1 Å². The Kier molecular flexibility index (Phi) is 4.46.